The highest BCUT2D eigenvalue weighted by Crippen LogP contribution is 2.43. The first-order chi connectivity index (χ1) is 18.7. The van der Waals surface area contributed by atoms with Crippen molar-refractivity contribution >= 4 is 23.5 Å². The first-order valence-electron chi connectivity index (χ1n) is 14.3. The van der Waals surface area contributed by atoms with Crippen LogP contribution in [0.25, 0.3) is 0 Å². The van der Waals surface area contributed by atoms with E-state index in [9.17, 15) is 14.4 Å². The number of carbonyl (C=O) groups excluding carboxylic acids is 3. The van der Waals surface area contributed by atoms with Crippen LogP contribution in [0, 0.1) is 5.92 Å². The molecule has 2 aromatic rings. The van der Waals surface area contributed by atoms with E-state index in [1.54, 1.807) is 4.90 Å². The number of amides is 4. The fourth-order valence-corrected chi connectivity index (χ4v) is 6.86. The van der Waals surface area contributed by atoms with Crippen molar-refractivity contribution in [1.29, 1.82) is 0 Å². The standard InChI is InChI=1S/C31H41N5O3/c1-21-27(35(30(32)39)20-17-33-21)24(14-13-22-9-5-4-6-10-22)28(37)34-18-15-23(16-19-34)36-26-12-8-7-11-25(26)31(2,3)29(36)38/h4-12,21,23-24,27,33H,13-20H2,1-3H3,(H2,32,39)/t21?,24-,27?/m0/s1. The molecule has 0 radical (unpaired) electrons. The normalized spacial score (nSPS) is 24.0. The van der Waals surface area contributed by atoms with E-state index in [1.165, 1.54) is 5.56 Å². The van der Waals surface area contributed by atoms with E-state index < -0.39 is 11.4 Å². The minimum atomic E-state index is -0.547. The fourth-order valence-electron chi connectivity index (χ4n) is 6.86. The highest BCUT2D eigenvalue weighted by molar-refractivity contribution is 6.08. The molecule has 2 saturated heterocycles. The zero-order valence-electron chi connectivity index (χ0n) is 23.3. The number of rotatable bonds is 6. The molecule has 0 aromatic heterocycles. The highest BCUT2D eigenvalue weighted by Gasteiger charge is 2.47. The topological polar surface area (TPSA) is 99.0 Å². The molecule has 8 heteroatoms. The fraction of sp³-hybridized carbons (Fsp3) is 0.516. The van der Waals surface area contributed by atoms with E-state index in [1.807, 2.05) is 73.0 Å². The monoisotopic (exact) mass is 531 g/mol. The van der Waals surface area contributed by atoms with Crippen LogP contribution in [0.4, 0.5) is 10.5 Å². The van der Waals surface area contributed by atoms with Gasteiger partial charge in [-0.3, -0.25) is 9.59 Å². The van der Waals surface area contributed by atoms with E-state index in [0.29, 0.717) is 32.6 Å². The first-order valence-corrected chi connectivity index (χ1v) is 14.3. The second-order valence-corrected chi connectivity index (χ2v) is 11.8. The van der Waals surface area contributed by atoms with Gasteiger partial charge in [-0.05, 0) is 63.6 Å². The lowest BCUT2D eigenvalue weighted by Gasteiger charge is -2.45. The van der Waals surface area contributed by atoms with Crippen molar-refractivity contribution in [3.63, 3.8) is 0 Å². The van der Waals surface area contributed by atoms with Gasteiger partial charge < -0.3 is 25.8 Å². The molecule has 8 nitrogen and oxygen atoms in total. The molecule has 0 aliphatic carbocycles. The number of urea groups is 1. The minimum Gasteiger partial charge on any atom is -0.351 e. The average molecular weight is 532 g/mol. The van der Waals surface area contributed by atoms with Crippen molar-refractivity contribution in [2.75, 3.05) is 31.1 Å². The summed E-state index contributed by atoms with van der Waals surface area (Å²) >= 11 is 0. The number of nitrogens with zero attached hydrogens (tertiary/aromatic N) is 3. The summed E-state index contributed by atoms with van der Waals surface area (Å²) in [5, 5.41) is 3.46. The molecule has 39 heavy (non-hydrogen) atoms. The molecule has 3 heterocycles. The predicted molar refractivity (Wildman–Crippen MR) is 152 cm³/mol. The molecule has 4 amide bonds. The smallest absolute Gasteiger partial charge is 0.315 e. The Labute approximate surface area is 231 Å². The molecule has 3 N–H and O–H groups in total. The number of anilines is 1. The van der Waals surface area contributed by atoms with Crippen LogP contribution in [0.3, 0.4) is 0 Å². The SMILES string of the molecule is CC1NCCN(C(N)=O)C1[C@H](CCc1ccccc1)C(=O)N1CCC(N2C(=O)C(C)(C)c3ccccc32)CC1. The number of benzene rings is 2. The number of aryl methyl sites for hydroxylation is 1. The number of carbonyl (C=O) groups is 3. The molecule has 208 valence electrons. The van der Waals surface area contributed by atoms with Crippen LogP contribution < -0.4 is 16.0 Å². The van der Waals surface area contributed by atoms with Crippen molar-refractivity contribution in [1.82, 2.24) is 15.1 Å². The van der Waals surface area contributed by atoms with E-state index in [4.69, 9.17) is 5.73 Å². The molecular formula is C31H41N5O3. The summed E-state index contributed by atoms with van der Waals surface area (Å²) in [7, 11) is 0. The number of likely N-dealkylation sites (tertiary alicyclic amines) is 1. The maximum atomic E-state index is 14.2. The maximum absolute atomic E-state index is 14.2. The number of piperidine rings is 1. The van der Waals surface area contributed by atoms with Crippen molar-refractivity contribution in [2.24, 2.45) is 11.7 Å². The van der Waals surface area contributed by atoms with E-state index in [2.05, 4.69) is 17.4 Å². The number of hydrogen-bond donors (Lipinski definition) is 2. The third kappa shape index (κ3) is 5.14. The van der Waals surface area contributed by atoms with Crippen LogP contribution >= 0.6 is 0 Å². The number of hydrogen-bond acceptors (Lipinski definition) is 4. The van der Waals surface area contributed by atoms with Gasteiger partial charge in [-0.2, -0.15) is 0 Å². The zero-order chi connectivity index (χ0) is 27.7. The van der Waals surface area contributed by atoms with Crippen LogP contribution in [-0.4, -0.2) is 71.9 Å². The van der Waals surface area contributed by atoms with E-state index in [-0.39, 0.29) is 35.9 Å². The predicted octanol–water partition coefficient (Wildman–Crippen LogP) is 3.29. The summed E-state index contributed by atoms with van der Waals surface area (Å²) in [5.74, 6) is -0.164. The largest absolute Gasteiger partial charge is 0.351 e. The number of para-hydroxylation sites is 1. The lowest BCUT2D eigenvalue weighted by Crippen LogP contribution is -2.64. The molecule has 0 saturated carbocycles. The van der Waals surface area contributed by atoms with Crippen molar-refractivity contribution < 1.29 is 14.4 Å². The van der Waals surface area contributed by atoms with Gasteiger partial charge in [-0.25, -0.2) is 4.79 Å². The van der Waals surface area contributed by atoms with Crippen molar-refractivity contribution in [2.45, 2.75) is 70.0 Å². The second kappa shape index (κ2) is 11.0. The molecular weight excluding hydrogens is 490 g/mol. The molecule has 2 aromatic carbocycles. The van der Waals surface area contributed by atoms with Gasteiger partial charge in [-0.15, -0.1) is 0 Å². The lowest BCUT2D eigenvalue weighted by atomic mass is 9.84. The number of nitrogens with one attached hydrogen (secondary N) is 1. The second-order valence-electron chi connectivity index (χ2n) is 11.8. The number of nitrogens with two attached hydrogens (primary N) is 1. The summed E-state index contributed by atoms with van der Waals surface area (Å²) in [5.41, 5.74) is 8.49. The van der Waals surface area contributed by atoms with Crippen molar-refractivity contribution in [3.05, 3.63) is 65.7 Å². The van der Waals surface area contributed by atoms with E-state index >= 15 is 0 Å². The summed E-state index contributed by atoms with van der Waals surface area (Å²) in [6.45, 7) is 8.35. The Morgan fingerprint density at radius 2 is 1.69 bits per heavy atom. The van der Waals surface area contributed by atoms with E-state index in [0.717, 1.165) is 30.5 Å². The molecule has 3 atom stereocenters. The Hall–Kier alpha value is -3.39. The lowest BCUT2D eigenvalue weighted by molar-refractivity contribution is -0.139. The molecule has 5 rings (SSSR count). The van der Waals surface area contributed by atoms with Gasteiger partial charge in [0.15, 0.2) is 0 Å². The minimum absolute atomic E-state index is 0.0468. The average Bonchev–Trinajstić information content (AvgIpc) is 3.14. The Morgan fingerprint density at radius 1 is 1.03 bits per heavy atom. The molecule has 2 unspecified atom stereocenters. The summed E-state index contributed by atoms with van der Waals surface area (Å²) in [4.78, 5) is 45.7. The summed E-state index contributed by atoms with van der Waals surface area (Å²) in [6.07, 6.45) is 2.84. The van der Waals surface area contributed by atoms with Gasteiger partial charge in [0, 0.05) is 44.0 Å². The molecule has 3 aliphatic heterocycles. The first kappa shape index (κ1) is 27.2. The highest BCUT2D eigenvalue weighted by atomic mass is 16.2. The van der Waals surface area contributed by atoms with Gasteiger partial charge in [-0.1, -0.05) is 48.5 Å². The zero-order valence-corrected chi connectivity index (χ0v) is 23.3. The van der Waals surface area contributed by atoms with Gasteiger partial charge in [0.1, 0.15) is 0 Å². The molecule has 2 fully saturated rings. The number of fused-ring (bicyclic) bond motifs is 1. The maximum Gasteiger partial charge on any atom is 0.315 e. The van der Waals surface area contributed by atoms with Gasteiger partial charge >= 0.3 is 6.03 Å². The van der Waals surface area contributed by atoms with Crippen molar-refractivity contribution in [3.8, 4) is 0 Å². The third-order valence-corrected chi connectivity index (χ3v) is 9.02. The van der Waals surface area contributed by atoms with Crippen LogP contribution in [0.5, 0.6) is 0 Å². The number of piperazine rings is 1. The van der Waals surface area contributed by atoms with Crippen LogP contribution in [0.1, 0.15) is 51.2 Å². The molecule has 0 spiro atoms. The number of primary amides is 1. The third-order valence-electron chi connectivity index (χ3n) is 9.02. The summed E-state index contributed by atoms with van der Waals surface area (Å²) < 4.78 is 0. The van der Waals surface area contributed by atoms with Crippen LogP contribution in [0.2, 0.25) is 0 Å². The van der Waals surface area contributed by atoms with Crippen LogP contribution in [-0.2, 0) is 21.4 Å². The molecule has 0 bridgehead atoms. The van der Waals surface area contributed by atoms with Gasteiger partial charge in [0.25, 0.3) is 0 Å². The van der Waals surface area contributed by atoms with Crippen LogP contribution in [0.15, 0.2) is 54.6 Å². The Morgan fingerprint density at radius 3 is 2.38 bits per heavy atom. The summed E-state index contributed by atoms with van der Waals surface area (Å²) in [6, 6.07) is 17.5. The Kier molecular flexibility index (Phi) is 7.67. The quantitative estimate of drug-likeness (QED) is 0.598. The van der Waals surface area contributed by atoms with Gasteiger partial charge in [0.05, 0.1) is 17.4 Å². The molecule has 3 aliphatic rings. The van der Waals surface area contributed by atoms with Gasteiger partial charge in [0.2, 0.25) is 11.8 Å². The Balaban J connectivity index is 1.33. The Bertz CT molecular complexity index is 1210.